The molecular formula is C26H31N7. The molecule has 0 amide bonds. The van der Waals surface area contributed by atoms with E-state index in [2.05, 4.69) is 63.3 Å². The zero-order valence-corrected chi connectivity index (χ0v) is 19.3. The summed E-state index contributed by atoms with van der Waals surface area (Å²) in [7, 11) is 0. The number of hydrogen-bond acceptors (Lipinski definition) is 6. The highest BCUT2D eigenvalue weighted by Gasteiger charge is 2.18. The van der Waals surface area contributed by atoms with Gasteiger partial charge in [-0.05, 0) is 44.4 Å². The fourth-order valence-corrected chi connectivity index (χ4v) is 4.42. The molecule has 0 aliphatic heterocycles. The number of fused-ring (bicyclic) bond motifs is 1. The molecule has 0 atom stereocenters. The zero-order chi connectivity index (χ0) is 22.6. The van der Waals surface area contributed by atoms with E-state index in [1.165, 1.54) is 37.7 Å². The Bertz CT molecular complexity index is 1190. The molecule has 2 N–H and O–H groups in total. The van der Waals surface area contributed by atoms with Gasteiger partial charge in [0.05, 0.1) is 12.0 Å². The second-order valence-electron chi connectivity index (χ2n) is 9.06. The number of anilines is 2. The van der Waals surface area contributed by atoms with Crippen molar-refractivity contribution in [2.24, 2.45) is 0 Å². The van der Waals surface area contributed by atoms with Crippen LogP contribution in [0.4, 0.5) is 11.8 Å². The lowest BCUT2D eigenvalue weighted by molar-refractivity contribution is 0.461. The molecule has 1 aliphatic carbocycles. The Morgan fingerprint density at radius 1 is 0.970 bits per heavy atom. The van der Waals surface area contributed by atoms with Gasteiger partial charge in [0.15, 0.2) is 17.0 Å². The van der Waals surface area contributed by atoms with Crippen molar-refractivity contribution in [2.75, 3.05) is 10.6 Å². The molecule has 1 fully saturated rings. The number of hydrogen-bond donors (Lipinski definition) is 2. The summed E-state index contributed by atoms with van der Waals surface area (Å²) in [4.78, 5) is 18.7. The zero-order valence-electron chi connectivity index (χ0n) is 19.3. The molecule has 5 rings (SSSR count). The van der Waals surface area contributed by atoms with Crippen LogP contribution < -0.4 is 10.6 Å². The van der Waals surface area contributed by atoms with Gasteiger partial charge in [-0.15, -0.1) is 0 Å². The SMILES string of the molecule is CC(C)n1cnc2c(NCc3ccc(-c4ccccn4)cc3)nc(NC3CCCCC3)nc21. The quantitative estimate of drug-likeness (QED) is 0.376. The predicted octanol–water partition coefficient (Wildman–Crippen LogP) is 5.83. The number of aromatic nitrogens is 5. The van der Waals surface area contributed by atoms with E-state index >= 15 is 0 Å². The molecule has 1 aromatic carbocycles. The summed E-state index contributed by atoms with van der Waals surface area (Å²) < 4.78 is 2.11. The predicted molar refractivity (Wildman–Crippen MR) is 133 cm³/mol. The van der Waals surface area contributed by atoms with Gasteiger partial charge in [-0.3, -0.25) is 4.98 Å². The van der Waals surface area contributed by atoms with Crippen LogP contribution in [0.2, 0.25) is 0 Å². The van der Waals surface area contributed by atoms with Crippen LogP contribution >= 0.6 is 0 Å². The van der Waals surface area contributed by atoms with Gasteiger partial charge in [0.2, 0.25) is 5.95 Å². The Morgan fingerprint density at radius 3 is 2.52 bits per heavy atom. The highest BCUT2D eigenvalue weighted by molar-refractivity contribution is 5.84. The van der Waals surface area contributed by atoms with Crippen molar-refractivity contribution in [1.82, 2.24) is 24.5 Å². The first kappa shape index (κ1) is 21.4. The van der Waals surface area contributed by atoms with Crippen LogP contribution in [0.1, 0.15) is 57.6 Å². The first-order valence-electron chi connectivity index (χ1n) is 11.9. The van der Waals surface area contributed by atoms with Crippen LogP contribution in [-0.2, 0) is 6.54 Å². The fourth-order valence-electron chi connectivity index (χ4n) is 4.42. The number of nitrogens with one attached hydrogen (secondary N) is 2. The average molecular weight is 442 g/mol. The Kier molecular flexibility index (Phi) is 6.19. The van der Waals surface area contributed by atoms with Gasteiger partial charge in [0.1, 0.15) is 0 Å². The summed E-state index contributed by atoms with van der Waals surface area (Å²) in [5.41, 5.74) is 4.94. The van der Waals surface area contributed by atoms with Gasteiger partial charge < -0.3 is 15.2 Å². The summed E-state index contributed by atoms with van der Waals surface area (Å²) in [5.74, 6) is 1.45. The topological polar surface area (TPSA) is 80.5 Å². The van der Waals surface area contributed by atoms with Crippen LogP contribution in [0, 0.1) is 0 Å². The van der Waals surface area contributed by atoms with Crippen molar-refractivity contribution < 1.29 is 0 Å². The van der Waals surface area contributed by atoms with Gasteiger partial charge >= 0.3 is 0 Å². The van der Waals surface area contributed by atoms with Crippen LogP contribution in [-0.4, -0.2) is 30.5 Å². The summed E-state index contributed by atoms with van der Waals surface area (Å²) in [5, 5.41) is 7.09. The highest BCUT2D eigenvalue weighted by atomic mass is 15.2. The minimum atomic E-state index is 0.277. The van der Waals surface area contributed by atoms with Crippen molar-refractivity contribution in [3.63, 3.8) is 0 Å². The third-order valence-electron chi connectivity index (χ3n) is 6.29. The van der Waals surface area contributed by atoms with Gasteiger partial charge in [-0.25, -0.2) is 4.98 Å². The van der Waals surface area contributed by atoms with Crippen molar-refractivity contribution in [1.29, 1.82) is 0 Å². The number of imidazole rings is 1. The van der Waals surface area contributed by atoms with Crippen molar-refractivity contribution in [2.45, 2.75) is 64.6 Å². The molecule has 170 valence electrons. The molecule has 7 nitrogen and oxygen atoms in total. The molecule has 0 unspecified atom stereocenters. The Hall–Kier alpha value is -3.48. The molecule has 0 bridgehead atoms. The van der Waals surface area contributed by atoms with Gasteiger partial charge in [-0.1, -0.05) is 49.6 Å². The second kappa shape index (κ2) is 9.57. The van der Waals surface area contributed by atoms with E-state index in [0.717, 1.165) is 28.2 Å². The van der Waals surface area contributed by atoms with Crippen molar-refractivity contribution in [3.05, 3.63) is 60.6 Å². The molecule has 33 heavy (non-hydrogen) atoms. The molecule has 4 aromatic rings. The average Bonchev–Trinajstić information content (AvgIpc) is 3.29. The third kappa shape index (κ3) is 4.82. The molecule has 0 saturated heterocycles. The lowest BCUT2D eigenvalue weighted by Gasteiger charge is -2.23. The minimum absolute atomic E-state index is 0.277. The van der Waals surface area contributed by atoms with Crippen molar-refractivity contribution in [3.8, 4) is 11.3 Å². The van der Waals surface area contributed by atoms with Gasteiger partial charge in [0.25, 0.3) is 0 Å². The second-order valence-corrected chi connectivity index (χ2v) is 9.06. The molecule has 1 aliphatic rings. The molecule has 1 saturated carbocycles. The summed E-state index contributed by atoms with van der Waals surface area (Å²) in [6.45, 7) is 4.95. The van der Waals surface area contributed by atoms with E-state index in [4.69, 9.17) is 9.97 Å². The number of benzene rings is 1. The molecule has 3 aromatic heterocycles. The maximum absolute atomic E-state index is 4.84. The van der Waals surface area contributed by atoms with E-state index in [1.807, 2.05) is 30.7 Å². The molecular weight excluding hydrogens is 410 g/mol. The Balaban J connectivity index is 1.38. The van der Waals surface area contributed by atoms with Crippen LogP contribution in [0.5, 0.6) is 0 Å². The van der Waals surface area contributed by atoms with E-state index in [9.17, 15) is 0 Å². The van der Waals surface area contributed by atoms with Gasteiger partial charge in [-0.2, -0.15) is 9.97 Å². The first-order chi connectivity index (χ1) is 16.2. The highest BCUT2D eigenvalue weighted by Crippen LogP contribution is 2.26. The third-order valence-corrected chi connectivity index (χ3v) is 6.29. The monoisotopic (exact) mass is 441 g/mol. The smallest absolute Gasteiger partial charge is 0.227 e. The van der Waals surface area contributed by atoms with E-state index in [0.29, 0.717) is 18.5 Å². The lowest BCUT2D eigenvalue weighted by Crippen LogP contribution is -2.24. The van der Waals surface area contributed by atoms with Crippen LogP contribution in [0.25, 0.3) is 22.4 Å². The first-order valence-corrected chi connectivity index (χ1v) is 11.9. The lowest BCUT2D eigenvalue weighted by atomic mass is 9.96. The molecule has 0 radical (unpaired) electrons. The summed E-state index contributed by atoms with van der Waals surface area (Å²) in [6, 6.07) is 15.2. The molecule has 0 spiro atoms. The standard InChI is InChI=1S/C26H31N7/c1-18(2)33-17-29-23-24(31-26(32-25(23)33)30-21-8-4-3-5-9-21)28-16-19-11-13-20(14-12-19)22-10-6-7-15-27-22/h6-7,10-15,17-18,21H,3-5,8-9,16H2,1-2H3,(H2,28,30,31,32). The number of nitrogens with zero attached hydrogens (tertiary/aromatic N) is 5. The number of rotatable bonds is 7. The molecule has 3 heterocycles. The normalized spacial score (nSPS) is 14.6. The van der Waals surface area contributed by atoms with E-state index in [-0.39, 0.29) is 6.04 Å². The Morgan fingerprint density at radius 2 is 1.79 bits per heavy atom. The largest absolute Gasteiger partial charge is 0.364 e. The summed E-state index contributed by atoms with van der Waals surface area (Å²) in [6.07, 6.45) is 9.89. The number of pyridine rings is 1. The van der Waals surface area contributed by atoms with Crippen LogP contribution in [0.15, 0.2) is 55.0 Å². The maximum Gasteiger partial charge on any atom is 0.227 e. The minimum Gasteiger partial charge on any atom is -0.364 e. The van der Waals surface area contributed by atoms with Gasteiger partial charge in [0, 0.05) is 30.4 Å². The van der Waals surface area contributed by atoms with Crippen LogP contribution in [0.3, 0.4) is 0 Å². The maximum atomic E-state index is 4.84. The van der Waals surface area contributed by atoms with E-state index in [1.54, 1.807) is 0 Å². The Labute approximate surface area is 194 Å². The van der Waals surface area contributed by atoms with Crippen molar-refractivity contribution >= 4 is 22.9 Å². The molecule has 7 heteroatoms. The van der Waals surface area contributed by atoms with E-state index < -0.39 is 0 Å². The summed E-state index contributed by atoms with van der Waals surface area (Å²) >= 11 is 0. The fraction of sp³-hybridized carbons (Fsp3) is 0.385.